The van der Waals surface area contributed by atoms with Crippen molar-refractivity contribution in [3.05, 3.63) is 54.6 Å². The van der Waals surface area contributed by atoms with Crippen LogP contribution in [0.1, 0.15) is 0 Å². The average molecular weight is 254 g/mol. The molecule has 0 atom stereocenters. The van der Waals surface area contributed by atoms with Gasteiger partial charge in [-0.25, -0.2) is 0 Å². The van der Waals surface area contributed by atoms with Crippen molar-refractivity contribution in [2.24, 2.45) is 0 Å². The van der Waals surface area contributed by atoms with E-state index in [1.165, 1.54) is 12.1 Å². The Hall–Kier alpha value is -1.42. The monoisotopic (exact) mass is 254 g/mol. The molecule has 0 N–H and O–H groups in total. The van der Waals surface area contributed by atoms with Crippen LogP contribution < -0.4 is 0 Å². The SMILES string of the molecule is FC(F)(F)Sc1ccc(-c2ccccc2)cc1. The smallest absolute Gasteiger partial charge is 0.160 e. The lowest BCUT2D eigenvalue weighted by Crippen LogP contribution is -1.98. The maximum atomic E-state index is 12.1. The zero-order valence-electron chi connectivity index (χ0n) is 8.74. The maximum Gasteiger partial charge on any atom is 0.446 e. The van der Waals surface area contributed by atoms with Gasteiger partial charge in [-0.2, -0.15) is 13.2 Å². The first-order valence-corrected chi connectivity index (χ1v) is 5.77. The van der Waals surface area contributed by atoms with Crippen molar-refractivity contribution in [3.63, 3.8) is 0 Å². The highest BCUT2D eigenvalue weighted by Crippen LogP contribution is 2.37. The van der Waals surface area contributed by atoms with E-state index in [0.29, 0.717) is 0 Å². The molecular weight excluding hydrogens is 245 g/mol. The van der Waals surface area contributed by atoms with E-state index in [4.69, 9.17) is 0 Å². The lowest BCUT2D eigenvalue weighted by atomic mass is 10.1. The zero-order valence-corrected chi connectivity index (χ0v) is 9.55. The zero-order chi connectivity index (χ0) is 12.3. The fraction of sp³-hybridized carbons (Fsp3) is 0.0769. The van der Waals surface area contributed by atoms with E-state index in [-0.39, 0.29) is 16.7 Å². The lowest BCUT2D eigenvalue weighted by molar-refractivity contribution is -0.0328. The summed E-state index contributed by atoms with van der Waals surface area (Å²) < 4.78 is 36.4. The second kappa shape index (κ2) is 4.84. The summed E-state index contributed by atoms with van der Waals surface area (Å²) in [6.07, 6.45) is 0. The Kier molecular flexibility index (Phi) is 3.43. The molecule has 17 heavy (non-hydrogen) atoms. The normalized spacial score (nSPS) is 11.5. The molecule has 0 nitrogen and oxygen atoms in total. The number of thioether (sulfide) groups is 1. The third-order valence-corrected chi connectivity index (χ3v) is 2.93. The molecule has 0 saturated heterocycles. The number of benzene rings is 2. The van der Waals surface area contributed by atoms with E-state index in [9.17, 15) is 13.2 Å². The van der Waals surface area contributed by atoms with Crippen LogP contribution in [0.25, 0.3) is 11.1 Å². The lowest BCUT2D eigenvalue weighted by Gasteiger charge is -2.06. The Morgan fingerprint density at radius 3 is 1.76 bits per heavy atom. The maximum absolute atomic E-state index is 12.1. The van der Waals surface area contributed by atoms with Gasteiger partial charge < -0.3 is 0 Å². The molecule has 0 heterocycles. The van der Waals surface area contributed by atoms with Crippen molar-refractivity contribution >= 4 is 11.8 Å². The van der Waals surface area contributed by atoms with Crippen molar-refractivity contribution in [1.82, 2.24) is 0 Å². The summed E-state index contributed by atoms with van der Waals surface area (Å²) in [4.78, 5) is 0.206. The van der Waals surface area contributed by atoms with E-state index < -0.39 is 5.51 Å². The highest BCUT2D eigenvalue weighted by Gasteiger charge is 2.28. The van der Waals surface area contributed by atoms with E-state index in [1.807, 2.05) is 30.3 Å². The molecule has 88 valence electrons. The van der Waals surface area contributed by atoms with Crippen LogP contribution in [0.3, 0.4) is 0 Å². The molecule has 2 aromatic carbocycles. The van der Waals surface area contributed by atoms with Gasteiger partial charge in [-0.3, -0.25) is 0 Å². The molecule has 0 aliphatic rings. The first-order chi connectivity index (χ1) is 8.04. The van der Waals surface area contributed by atoms with Crippen molar-refractivity contribution in [3.8, 4) is 11.1 Å². The number of alkyl halides is 3. The van der Waals surface area contributed by atoms with Gasteiger partial charge >= 0.3 is 5.51 Å². The Bertz CT molecular complexity index is 474. The first-order valence-electron chi connectivity index (χ1n) is 4.96. The molecule has 0 unspecified atom stereocenters. The summed E-state index contributed by atoms with van der Waals surface area (Å²) in [6, 6.07) is 15.9. The average Bonchev–Trinajstić information content (AvgIpc) is 2.29. The number of hydrogen-bond acceptors (Lipinski definition) is 1. The third kappa shape index (κ3) is 3.53. The van der Waals surface area contributed by atoms with Crippen molar-refractivity contribution in [2.75, 3.05) is 0 Å². The predicted octanol–water partition coefficient (Wildman–Crippen LogP) is 4.97. The third-order valence-electron chi connectivity index (χ3n) is 2.20. The Morgan fingerprint density at radius 2 is 1.24 bits per heavy atom. The molecule has 0 aliphatic heterocycles. The number of hydrogen-bond donors (Lipinski definition) is 0. The van der Waals surface area contributed by atoms with Gasteiger partial charge in [0.1, 0.15) is 0 Å². The molecule has 2 aromatic rings. The van der Waals surface area contributed by atoms with Gasteiger partial charge in [-0.15, -0.1) is 0 Å². The summed E-state index contributed by atoms with van der Waals surface area (Å²) in [5.41, 5.74) is -2.32. The predicted molar refractivity (Wildman–Crippen MR) is 63.8 cm³/mol. The molecule has 0 fully saturated rings. The molecule has 0 radical (unpaired) electrons. The van der Waals surface area contributed by atoms with Crippen LogP contribution in [0.2, 0.25) is 0 Å². The summed E-state index contributed by atoms with van der Waals surface area (Å²) in [5, 5.41) is 0. The quantitative estimate of drug-likeness (QED) is 0.682. The minimum atomic E-state index is -4.23. The minimum Gasteiger partial charge on any atom is -0.160 e. The van der Waals surface area contributed by atoms with Gasteiger partial charge in [0.15, 0.2) is 0 Å². The summed E-state index contributed by atoms with van der Waals surface area (Å²) in [7, 11) is 0. The highest BCUT2D eigenvalue weighted by atomic mass is 32.2. The Balaban J connectivity index is 2.19. The van der Waals surface area contributed by atoms with E-state index in [1.54, 1.807) is 12.1 Å². The standard InChI is InChI=1S/C13H9F3S/c14-13(15,16)17-12-8-6-11(7-9-12)10-4-2-1-3-5-10/h1-9H. The van der Waals surface area contributed by atoms with E-state index in [0.717, 1.165) is 11.1 Å². The van der Waals surface area contributed by atoms with Crippen LogP contribution >= 0.6 is 11.8 Å². The van der Waals surface area contributed by atoms with Crippen LogP contribution in [0, 0.1) is 0 Å². The van der Waals surface area contributed by atoms with Crippen LogP contribution in [0.4, 0.5) is 13.2 Å². The van der Waals surface area contributed by atoms with Gasteiger partial charge in [0.25, 0.3) is 0 Å². The molecule has 4 heteroatoms. The van der Waals surface area contributed by atoms with E-state index in [2.05, 4.69) is 0 Å². The van der Waals surface area contributed by atoms with Gasteiger partial charge in [-0.05, 0) is 35.0 Å². The summed E-state index contributed by atoms with van der Waals surface area (Å²) in [5.74, 6) is 0. The largest absolute Gasteiger partial charge is 0.446 e. The Labute approximate surface area is 101 Å². The molecular formula is C13H9F3S. The summed E-state index contributed by atoms with van der Waals surface area (Å²) >= 11 is -0.0954. The van der Waals surface area contributed by atoms with Gasteiger partial charge in [0.05, 0.1) is 0 Å². The van der Waals surface area contributed by atoms with Gasteiger partial charge in [0.2, 0.25) is 0 Å². The van der Waals surface area contributed by atoms with Crippen molar-refractivity contribution in [2.45, 2.75) is 10.4 Å². The fourth-order valence-electron chi connectivity index (χ4n) is 1.48. The summed E-state index contributed by atoms with van der Waals surface area (Å²) in [6.45, 7) is 0. The van der Waals surface area contributed by atoms with Crippen molar-refractivity contribution < 1.29 is 13.2 Å². The second-order valence-electron chi connectivity index (χ2n) is 3.44. The second-order valence-corrected chi connectivity index (χ2v) is 4.58. The van der Waals surface area contributed by atoms with Gasteiger partial charge in [0, 0.05) is 4.90 Å². The van der Waals surface area contributed by atoms with E-state index >= 15 is 0 Å². The topological polar surface area (TPSA) is 0 Å². The number of rotatable bonds is 2. The van der Waals surface area contributed by atoms with Crippen LogP contribution in [-0.2, 0) is 0 Å². The molecule has 0 spiro atoms. The van der Waals surface area contributed by atoms with Gasteiger partial charge in [-0.1, -0.05) is 42.5 Å². The van der Waals surface area contributed by atoms with Crippen molar-refractivity contribution in [1.29, 1.82) is 0 Å². The highest BCUT2D eigenvalue weighted by molar-refractivity contribution is 8.00. The molecule has 0 bridgehead atoms. The fourth-order valence-corrected chi connectivity index (χ4v) is 2.02. The van der Waals surface area contributed by atoms with Crippen LogP contribution in [0.15, 0.2) is 59.5 Å². The van der Waals surface area contributed by atoms with Crippen LogP contribution in [-0.4, -0.2) is 5.51 Å². The first kappa shape index (κ1) is 12.0. The van der Waals surface area contributed by atoms with Crippen LogP contribution in [0.5, 0.6) is 0 Å². The molecule has 0 amide bonds. The minimum absolute atomic E-state index is 0.0954. The molecule has 2 rings (SSSR count). The molecule has 0 aliphatic carbocycles. The number of halogens is 3. The Morgan fingerprint density at radius 1 is 0.706 bits per heavy atom. The molecule has 0 aromatic heterocycles. The molecule has 0 saturated carbocycles.